The molecule has 0 amide bonds. The molecule has 3 heteroatoms. The fraction of sp³-hybridized carbons (Fsp3) is 0.846. The van der Waals surface area contributed by atoms with Gasteiger partial charge in [-0.15, -0.1) is 0 Å². The smallest absolute Gasteiger partial charge is 0.316 e. The van der Waals surface area contributed by atoms with Crippen LogP contribution in [0.3, 0.4) is 0 Å². The van der Waals surface area contributed by atoms with Crippen LogP contribution >= 0.6 is 0 Å². The van der Waals surface area contributed by atoms with Gasteiger partial charge >= 0.3 is 11.9 Å². The summed E-state index contributed by atoms with van der Waals surface area (Å²) in [5.41, 5.74) is 0. The van der Waals surface area contributed by atoms with Crippen LogP contribution in [0.2, 0.25) is 0 Å². The molecule has 1 atom stereocenters. The highest BCUT2D eigenvalue weighted by atomic mass is 16.6. The standard InChI is InChI=1S/C39H72O3/c1-5-7-9-11-13-15-17-19-21-23-25-27-29-31-33-35-38(40)42-39(41)37(36(3)4)34-32-30-28-26-24-22-20-18-16-14-12-10-8-6-2/h13,15,19,21,36-37H,5-12,14,16-18,20,22-35H2,1-4H3/b15-13-,21-19-. The Balaban J connectivity index is 3.73. The van der Waals surface area contributed by atoms with E-state index in [1.165, 1.54) is 122 Å². The van der Waals surface area contributed by atoms with Gasteiger partial charge in [-0.1, -0.05) is 174 Å². The highest BCUT2D eigenvalue weighted by Gasteiger charge is 2.25. The minimum Gasteiger partial charge on any atom is -0.393 e. The Morgan fingerprint density at radius 2 is 0.929 bits per heavy atom. The van der Waals surface area contributed by atoms with E-state index in [1.54, 1.807) is 0 Å². The van der Waals surface area contributed by atoms with E-state index < -0.39 is 0 Å². The number of rotatable bonds is 31. The summed E-state index contributed by atoms with van der Waals surface area (Å²) in [5, 5.41) is 0. The van der Waals surface area contributed by atoms with Crippen LogP contribution in [-0.2, 0) is 14.3 Å². The first-order chi connectivity index (χ1) is 20.5. The van der Waals surface area contributed by atoms with Gasteiger partial charge in [-0.05, 0) is 50.9 Å². The normalized spacial score (nSPS) is 12.6. The fourth-order valence-corrected chi connectivity index (χ4v) is 5.60. The van der Waals surface area contributed by atoms with Crippen molar-refractivity contribution in [3.05, 3.63) is 24.3 Å². The summed E-state index contributed by atoms with van der Waals surface area (Å²) in [4.78, 5) is 24.9. The lowest BCUT2D eigenvalue weighted by Crippen LogP contribution is -2.25. The lowest BCUT2D eigenvalue weighted by atomic mass is 9.90. The highest BCUT2D eigenvalue weighted by Crippen LogP contribution is 2.22. The molecule has 0 saturated carbocycles. The van der Waals surface area contributed by atoms with E-state index in [-0.39, 0.29) is 23.8 Å². The number of carbonyl (C=O) groups excluding carboxylic acids is 2. The summed E-state index contributed by atoms with van der Waals surface area (Å²) in [6.45, 7) is 8.66. The Bertz CT molecular complexity index is 648. The molecule has 0 aliphatic heterocycles. The van der Waals surface area contributed by atoms with Gasteiger partial charge in [0, 0.05) is 6.42 Å². The molecule has 0 fully saturated rings. The molecule has 0 saturated heterocycles. The van der Waals surface area contributed by atoms with Gasteiger partial charge in [-0.2, -0.15) is 0 Å². The molecular weight excluding hydrogens is 516 g/mol. The molecule has 42 heavy (non-hydrogen) atoms. The maximum absolute atomic E-state index is 12.7. The minimum absolute atomic E-state index is 0.157. The van der Waals surface area contributed by atoms with Crippen molar-refractivity contribution in [3.63, 3.8) is 0 Å². The number of hydrogen-bond acceptors (Lipinski definition) is 3. The van der Waals surface area contributed by atoms with Crippen molar-refractivity contribution in [1.29, 1.82) is 0 Å². The van der Waals surface area contributed by atoms with Crippen molar-refractivity contribution in [2.24, 2.45) is 11.8 Å². The second-order valence-electron chi connectivity index (χ2n) is 13.0. The minimum atomic E-state index is -0.336. The Kier molecular flexibility index (Phi) is 31.5. The topological polar surface area (TPSA) is 43.4 Å². The third-order valence-corrected chi connectivity index (χ3v) is 8.52. The summed E-state index contributed by atoms with van der Waals surface area (Å²) < 4.78 is 5.27. The molecule has 0 N–H and O–H groups in total. The predicted octanol–water partition coefficient (Wildman–Crippen LogP) is 13.0. The molecule has 3 nitrogen and oxygen atoms in total. The monoisotopic (exact) mass is 589 g/mol. The van der Waals surface area contributed by atoms with Crippen molar-refractivity contribution in [3.8, 4) is 0 Å². The molecule has 0 aromatic rings. The second kappa shape index (κ2) is 32.5. The van der Waals surface area contributed by atoms with Gasteiger partial charge < -0.3 is 4.74 Å². The van der Waals surface area contributed by atoms with E-state index in [1.807, 2.05) is 0 Å². The first-order valence-electron chi connectivity index (χ1n) is 18.6. The zero-order valence-corrected chi connectivity index (χ0v) is 28.8. The summed E-state index contributed by atoms with van der Waals surface area (Å²) in [6.07, 6.45) is 41.7. The molecule has 0 rings (SSSR count). The molecule has 0 aliphatic rings. The number of esters is 2. The summed E-state index contributed by atoms with van der Waals surface area (Å²) in [5.74, 6) is -0.580. The van der Waals surface area contributed by atoms with E-state index >= 15 is 0 Å². The van der Waals surface area contributed by atoms with E-state index in [2.05, 4.69) is 52.0 Å². The zero-order chi connectivity index (χ0) is 30.9. The number of unbranched alkanes of at least 4 members (excludes halogenated alkanes) is 21. The van der Waals surface area contributed by atoms with Crippen LogP contribution in [0.25, 0.3) is 0 Å². The van der Waals surface area contributed by atoms with Crippen LogP contribution in [0.15, 0.2) is 24.3 Å². The quantitative estimate of drug-likeness (QED) is 0.0350. The van der Waals surface area contributed by atoms with Crippen molar-refractivity contribution < 1.29 is 14.3 Å². The molecular formula is C39H72O3. The average molecular weight is 589 g/mol. The SMILES string of the molecule is CCCCC/C=C\C/C=C\CCCCCCCC(=O)OC(=O)C(CCCCCCCCCCCCCCCC)C(C)C. The van der Waals surface area contributed by atoms with Gasteiger partial charge in [0.15, 0.2) is 0 Å². The van der Waals surface area contributed by atoms with Crippen molar-refractivity contribution in [2.75, 3.05) is 0 Å². The fourth-order valence-electron chi connectivity index (χ4n) is 5.60. The lowest BCUT2D eigenvalue weighted by molar-refractivity contribution is -0.164. The van der Waals surface area contributed by atoms with Gasteiger partial charge in [0.05, 0.1) is 5.92 Å². The van der Waals surface area contributed by atoms with Crippen molar-refractivity contribution in [2.45, 2.75) is 201 Å². The first-order valence-corrected chi connectivity index (χ1v) is 18.6. The summed E-state index contributed by atoms with van der Waals surface area (Å²) in [7, 11) is 0. The molecule has 0 aliphatic carbocycles. The molecule has 0 aromatic carbocycles. The Morgan fingerprint density at radius 3 is 1.43 bits per heavy atom. The van der Waals surface area contributed by atoms with E-state index in [0.29, 0.717) is 6.42 Å². The average Bonchev–Trinajstić information content (AvgIpc) is 2.96. The van der Waals surface area contributed by atoms with Crippen molar-refractivity contribution in [1.82, 2.24) is 0 Å². The lowest BCUT2D eigenvalue weighted by Gasteiger charge is -2.18. The van der Waals surface area contributed by atoms with E-state index in [4.69, 9.17) is 4.74 Å². The highest BCUT2D eigenvalue weighted by molar-refractivity contribution is 5.86. The Hall–Kier alpha value is -1.38. The van der Waals surface area contributed by atoms with Crippen LogP contribution in [0, 0.1) is 11.8 Å². The maximum atomic E-state index is 12.7. The number of ether oxygens (including phenoxy) is 1. The molecule has 1 unspecified atom stereocenters. The van der Waals surface area contributed by atoms with E-state index in [0.717, 1.165) is 44.9 Å². The molecule has 0 aromatic heterocycles. The molecule has 0 radical (unpaired) electrons. The second-order valence-corrected chi connectivity index (χ2v) is 13.0. The summed E-state index contributed by atoms with van der Waals surface area (Å²) in [6, 6.07) is 0. The number of allylic oxidation sites excluding steroid dienone is 4. The van der Waals surface area contributed by atoms with Crippen LogP contribution in [0.5, 0.6) is 0 Å². The predicted molar refractivity (Wildman–Crippen MR) is 184 cm³/mol. The molecule has 0 spiro atoms. The van der Waals surface area contributed by atoms with Gasteiger partial charge in [0.1, 0.15) is 0 Å². The van der Waals surface area contributed by atoms with Crippen LogP contribution in [0.4, 0.5) is 0 Å². The van der Waals surface area contributed by atoms with Crippen LogP contribution in [0.1, 0.15) is 201 Å². The molecule has 0 bridgehead atoms. The van der Waals surface area contributed by atoms with Gasteiger partial charge in [0.2, 0.25) is 0 Å². The maximum Gasteiger partial charge on any atom is 0.316 e. The third kappa shape index (κ3) is 28.7. The number of hydrogen-bond donors (Lipinski definition) is 0. The Morgan fingerprint density at radius 1 is 0.524 bits per heavy atom. The zero-order valence-electron chi connectivity index (χ0n) is 28.8. The van der Waals surface area contributed by atoms with Crippen LogP contribution in [-0.4, -0.2) is 11.9 Å². The van der Waals surface area contributed by atoms with Gasteiger partial charge in [0.25, 0.3) is 0 Å². The van der Waals surface area contributed by atoms with Crippen LogP contribution < -0.4 is 0 Å². The summed E-state index contributed by atoms with van der Waals surface area (Å²) >= 11 is 0. The largest absolute Gasteiger partial charge is 0.393 e. The van der Waals surface area contributed by atoms with Gasteiger partial charge in [-0.3, -0.25) is 9.59 Å². The van der Waals surface area contributed by atoms with Crippen molar-refractivity contribution >= 4 is 11.9 Å². The Labute approximate surface area is 263 Å². The van der Waals surface area contributed by atoms with Gasteiger partial charge in [-0.25, -0.2) is 0 Å². The first kappa shape index (κ1) is 40.6. The molecule has 0 heterocycles. The third-order valence-electron chi connectivity index (χ3n) is 8.52. The number of carbonyl (C=O) groups is 2. The van der Waals surface area contributed by atoms with E-state index in [9.17, 15) is 9.59 Å². The molecule has 246 valence electrons.